The summed E-state index contributed by atoms with van der Waals surface area (Å²) in [5, 5.41) is 13.6. The number of amides is 1. The average Bonchev–Trinajstić information content (AvgIpc) is 3.15. The third kappa shape index (κ3) is 4.98. The maximum absolute atomic E-state index is 12.4. The van der Waals surface area contributed by atoms with Crippen LogP contribution in [0.25, 0.3) is 0 Å². The molecule has 1 fully saturated rings. The van der Waals surface area contributed by atoms with Gasteiger partial charge in [-0.25, -0.2) is 0 Å². The lowest BCUT2D eigenvalue weighted by molar-refractivity contribution is -0.123. The molecular formula is C20H24N4O3. The van der Waals surface area contributed by atoms with Crippen LogP contribution in [0.2, 0.25) is 0 Å². The van der Waals surface area contributed by atoms with Gasteiger partial charge >= 0.3 is 0 Å². The van der Waals surface area contributed by atoms with E-state index in [1.165, 1.54) is 0 Å². The molecule has 0 radical (unpaired) electrons. The number of ether oxygens (including phenoxy) is 2. The summed E-state index contributed by atoms with van der Waals surface area (Å²) >= 11 is 0. The van der Waals surface area contributed by atoms with E-state index in [1.54, 1.807) is 25.3 Å². The molecule has 1 saturated heterocycles. The van der Waals surface area contributed by atoms with E-state index in [0.29, 0.717) is 30.8 Å². The number of amidine groups is 1. The van der Waals surface area contributed by atoms with Crippen molar-refractivity contribution >= 4 is 11.7 Å². The number of carbonyl (C=O) groups is 1. The van der Waals surface area contributed by atoms with Crippen LogP contribution in [0.15, 0.2) is 48.5 Å². The van der Waals surface area contributed by atoms with Crippen molar-refractivity contribution in [2.24, 2.45) is 5.73 Å². The van der Waals surface area contributed by atoms with Gasteiger partial charge in [0.15, 0.2) is 0 Å². The lowest BCUT2D eigenvalue weighted by Gasteiger charge is -2.14. The Morgan fingerprint density at radius 3 is 2.74 bits per heavy atom. The fraction of sp³-hybridized carbons (Fsp3) is 0.300. The van der Waals surface area contributed by atoms with Crippen LogP contribution in [0.3, 0.4) is 0 Å². The van der Waals surface area contributed by atoms with E-state index in [1.807, 2.05) is 30.3 Å². The predicted molar refractivity (Wildman–Crippen MR) is 103 cm³/mol. The van der Waals surface area contributed by atoms with Crippen molar-refractivity contribution in [3.63, 3.8) is 0 Å². The number of nitrogens with one attached hydrogen (secondary N) is 3. The quantitative estimate of drug-likeness (QED) is 0.436. The topological polar surface area (TPSA) is 109 Å². The molecule has 0 aliphatic carbocycles. The minimum absolute atomic E-state index is 0.000725. The zero-order chi connectivity index (χ0) is 19.2. The van der Waals surface area contributed by atoms with Gasteiger partial charge in [0.25, 0.3) is 0 Å². The normalized spacial score (nSPS) is 18.7. The van der Waals surface area contributed by atoms with Crippen molar-refractivity contribution in [3.05, 3.63) is 59.7 Å². The van der Waals surface area contributed by atoms with E-state index >= 15 is 0 Å². The molecule has 5 N–H and O–H groups in total. The summed E-state index contributed by atoms with van der Waals surface area (Å²) in [4.78, 5) is 12.4. The van der Waals surface area contributed by atoms with Crippen LogP contribution in [0.4, 0.5) is 0 Å². The Morgan fingerprint density at radius 2 is 2.04 bits per heavy atom. The number of benzene rings is 2. The smallest absolute Gasteiger partial charge is 0.237 e. The van der Waals surface area contributed by atoms with Crippen molar-refractivity contribution in [3.8, 4) is 11.5 Å². The number of nitrogens with two attached hydrogens (primary N) is 1. The average molecular weight is 368 g/mol. The third-order valence-corrected chi connectivity index (χ3v) is 4.48. The molecule has 0 spiro atoms. The molecule has 2 atom stereocenters. The summed E-state index contributed by atoms with van der Waals surface area (Å²) in [6.45, 7) is 1.05. The molecule has 2 aromatic rings. The second kappa shape index (κ2) is 8.55. The maximum Gasteiger partial charge on any atom is 0.237 e. The lowest BCUT2D eigenvalue weighted by atomic mass is 10.1. The number of rotatable bonds is 7. The molecular weight excluding hydrogens is 344 g/mol. The Bertz CT molecular complexity index is 807. The minimum atomic E-state index is -0.288. The van der Waals surface area contributed by atoms with Gasteiger partial charge in [0.2, 0.25) is 5.91 Å². The van der Waals surface area contributed by atoms with Crippen LogP contribution in [0.5, 0.6) is 11.5 Å². The summed E-state index contributed by atoms with van der Waals surface area (Å²) < 4.78 is 11.1. The van der Waals surface area contributed by atoms with E-state index in [2.05, 4.69) is 10.6 Å². The Hall–Kier alpha value is -3.06. The Balaban J connectivity index is 1.49. The number of carbonyl (C=O) groups excluding carboxylic acids is 1. The highest BCUT2D eigenvalue weighted by atomic mass is 16.5. The summed E-state index contributed by atoms with van der Waals surface area (Å²) in [6, 6.07) is 14.4. The Kier molecular flexibility index (Phi) is 5.93. The number of methoxy groups -OCH3 is 1. The molecule has 1 aliphatic heterocycles. The van der Waals surface area contributed by atoms with Crippen LogP contribution in [0.1, 0.15) is 17.5 Å². The first-order valence-electron chi connectivity index (χ1n) is 8.80. The molecule has 1 amide bonds. The van der Waals surface area contributed by atoms with Crippen LogP contribution in [-0.2, 0) is 11.3 Å². The Morgan fingerprint density at radius 1 is 1.26 bits per heavy atom. The van der Waals surface area contributed by atoms with Crippen LogP contribution in [-0.4, -0.2) is 37.5 Å². The summed E-state index contributed by atoms with van der Waals surface area (Å²) in [7, 11) is 1.62. The molecule has 7 heteroatoms. The summed E-state index contributed by atoms with van der Waals surface area (Å²) in [6.07, 6.45) is 0.475. The highest BCUT2D eigenvalue weighted by Crippen LogP contribution is 2.19. The zero-order valence-electron chi connectivity index (χ0n) is 15.2. The number of hydrogen-bond donors (Lipinski definition) is 4. The third-order valence-electron chi connectivity index (χ3n) is 4.48. The van der Waals surface area contributed by atoms with Gasteiger partial charge in [-0.1, -0.05) is 24.3 Å². The largest absolute Gasteiger partial charge is 0.497 e. The molecule has 0 saturated carbocycles. The van der Waals surface area contributed by atoms with Crippen molar-refractivity contribution in [1.29, 1.82) is 5.41 Å². The van der Waals surface area contributed by atoms with E-state index in [-0.39, 0.29) is 23.9 Å². The van der Waals surface area contributed by atoms with E-state index in [0.717, 1.165) is 11.3 Å². The van der Waals surface area contributed by atoms with E-state index < -0.39 is 0 Å². The SMILES string of the molecule is COc1ccc(CNC(=O)C2CC(Oc3cccc(C(=N)N)c3)CN2)cc1. The van der Waals surface area contributed by atoms with Gasteiger partial charge in [-0.3, -0.25) is 10.2 Å². The molecule has 142 valence electrons. The van der Waals surface area contributed by atoms with Crippen LogP contribution in [0, 0.1) is 5.41 Å². The molecule has 1 heterocycles. The Labute approximate surface area is 158 Å². The summed E-state index contributed by atoms with van der Waals surface area (Å²) in [5.41, 5.74) is 7.13. The molecule has 1 aliphatic rings. The fourth-order valence-electron chi connectivity index (χ4n) is 2.98. The predicted octanol–water partition coefficient (Wildman–Crippen LogP) is 1.40. The van der Waals surface area contributed by atoms with Crippen molar-refractivity contribution in [2.45, 2.75) is 25.1 Å². The fourth-order valence-corrected chi connectivity index (χ4v) is 2.98. The van der Waals surface area contributed by atoms with Gasteiger partial charge in [-0.05, 0) is 29.8 Å². The monoisotopic (exact) mass is 368 g/mol. The van der Waals surface area contributed by atoms with Gasteiger partial charge in [0.1, 0.15) is 23.4 Å². The van der Waals surface area contributed by atoms with Crippen LogP contribution >= 0.6 is 0 Å². The van der Waals surface area contributed by atoms with Gasteiger partial charge < -0.3 is 25.8 Å². The van der Waals surface area contributed by atoms with Crippen molar-refractivity contribution < 1.29 is 14.3 Å². The molecule has 3 rings (SSSR count). The minimum Gasteiger partial charge on any atom is -0.497 e. The number of hydrogen-bond acceptors (Lipinski definition) is 5. The molecule has 2 aromatic carbocycles. The molecule has 0 aromatic heterocycles. The highest BCUT2D eigenvalue weighted by Gasteiger charge is 2.30. The first-order chi connectivity index (χ1) is 13.0. The van der Waals surface area contributed by atoms with Gasteiger partial charge in [0, 0.05) is 25.1 Å². The van der Waals surface area contributed by atoms with E-state index in [9.17, 15) is 4.79 Å². The second-order valence-corrected chi connectivity index (χ2v) is 6.44. The van der Waals surface area contributed by atoms with Crippen LogP contribution < -0.4 is 25.8 Å². The second-order valence-electron chi connectivity index (χ2n) is 6.44. The van der Waals surface area contributed by atoms with Crippen molar-refractivity contribution in [1.82, 2.24) is 10.6 Å². The highest BCUT2D eigenvalue weighted by molar-refractivity contribution is 5.95. The summed E-state index contributed by atoms with van der Waals surface area (Å²) in [5.74, 6) is 1.39. The van der Waals surface area contributed by atoms with Gasteiger partial charge in [-0.15, -0.1) is 0 Å². The van der Waals surface area contributed by atoms with Gasteiger partial charge in [0.05, 0.1) is 13.2 Å². The van der Waals surface area contributed by atoms with Gasteiger partial charge in [-0.2, -0.15) is 0 Å². The molecule has 2 unspecified atom stereocenters. The number of nitrogen functional groups attached to an aromatic ring is 1. The zero-order valence-corrected chi connectivity index (χ0v) is 15.2. The maximum atomic E-state index is 12.4. The lowest BCUT2D eigenvalue weighted by Crippen LogP contribution is -2.39. The first-order valence-corrected chi connectivity index (χ1v) is 8.80. The van der Waals surface area contributed by atoms with E-state index in [4.69, 9.17) is 20.6 Å². The van der Waals surface area contributed by atoms with Crippen molar-refractivity contribution in [2.75, 3.05) is 13.7 Å². The molecule has 0 bridgehead atoms. The molecule has 27 heavy (non-hydrogen) atoms. The molecule has 7 nitrogen and oxygen atoms in total. The standard InChI is InChI=1S/C20H24N4O3/c1-26-15-7-5-13(6-8-15)11-24-20(25)18-10-17(12-23-18)27-16-4-2-3-14(9-16)19(21)22/h2-9,17-18,23H,10-12H2,1H3,(H3,21,22)(H,24,25). The first kappa shape index (κ1) is 18.7.